The van der Waals surface area contributed by atoms with Crippen LogP contribution in [0.15, 0.2) is 54.6 Å². The topological polar surface area (TPSA) is 73.2 Å². The summed E-state index contributed by atoms with van der Waals surface area (Å²) < 4.78 is 60.2. The van der Waals surface area contributed by atoms with Crippen molar-refractivity contribution in [2.75, 3.05) is 13.3 Å². The van der Waals surface area contributed by atoms with Gasteiger partial charge in [0.1, 0.15) is 17.4 Å². The average Bonchev–Trinajstić information content (AvgIpc) is 3.31. The molecule has 3 aromatic carbocycles. The van der Waals surface area contributed by atoms with Gasteiger partial charge in [-0.3, -0.25) is 4.79 Å². The van der Waals surface area contributed by atoms with E-state index in [0.717, 1.165) is 11.1 Å². The Morgan fingerprint density at radius 2 is 1.89 bits per heavy atom. The predicted molar refractivity (Wildman–Crippen MR) is 134 cm³/mol. The molecule has 6 rings (SSSR count). The van der Waals surface area contributed by atoms with Crippen LogP contribution in [-0.4, -0.2) is 35.4 Å². The van der Waals surface area contributed by atoms with E-state index >= 15 is 0 Å². The number of hydrogen-bond donors (Lipinski definition) is 1. The van der Waals surface area contributed by atoms with Crippen LogP contribution in [0.4, 0.5) is 13.2 Å². The minimum Gasteiger partial charge on any atom is -0.434 e. The maximum atomic E-state index is 14.9. The second-order valence-electron chi connectivity index (χ2n) is 9.96. The van der Waals surface area contributed by atoms with Crippen molar-refractivity contribution in [3.63, 3.8) is 0 Å². The van der Waals surface area contributed by atoms with Gasteiger partial charge >= 0.3 is 6.61 Å². The molecule has 1 amide bonds. The van der Waals surface area contributed by atoms with E-state index in [9.17, 15) is 22.5 Å². The van der Waals surface area contributed by atoms with Crippen molar-refractivity contribution < 1.29 is 27.3 Å². The first kappa shape index (κ1) is 23.8. The minimum absolute atomic E-state index is 0.0408. The molecule has 1 aromatic heterocycles. The summed E-state index contributed by atoms with van der Waals surface area (Å²) in [6.45, 7) is 0.226. The number of aromatic nitrogens is 2. The molecule has 0 saturated carbocycles. The highest BCUT2D eigenvalue weighted by Crippen LogP contribution is 2.48. The SMILES string of the molecule is CP(C)(=O)Cc1ccc(-c2ccc3nc4n(c3c2)[C@@H]2C[C@@H]4NC(=O)c3cccc(OC(F)F)c32)cc1F. The summed E-state index contributed by atoms with van der Waals surface area (Å²) in [6.07, 6.45) is 0.633. The van der Waals surface area contributed by atoms with Gasteiger partial charge < -0.3 is 19.2 Å². The predicted octanol–water partition coefficient (Wildman–Crippen LogP) is 6.34. The Labute approximate surface area is 210 Å². The Morgan fingerprint density at radius 1 is 1.14 bits per heavy atom. The molecular formula is C27H23F3N3O3P. The molecule has 3 heterocycles. The number of fused-ring (bicyclic) bond motifs is 9. The van der Waals surface area contributed by atoms with E-state index in [1.807, 2.05) is 22.8 Å². The second kappa shape index (κ2) is 8.48. The fourth-order valence-corrected chi connectivity index (χ4v) is 6.53. The molecule has 190 valence electrons. The van der Waals surface area contributed by atoms with E-state index < -0.39 is 31.7 Å². The van der Waals surface area contributed by atoms with Crippen LogP contribution < -0.4 is 10.1 Å². The first-order chi connectivity index (χ1) is 17.6. The fraction of sp³-hybridized carbons (Fsp3) is 0.259. The number of imidazole rings is 1. The third-order valence-corrected chi connectivity index (χ3v) is 8.00. The van der Waals surface area contributed by atoms with Gasteiger partial charge in [-0.25, -0.2) is 9.37 Å². The number of benzene rings is 3. The zero-order chi connectivity index (χ0) is 26.1. The number of ether oxygens (including phenoxy) is 1. The van der Waals surface area contributed by atoms with Gasteiger partial charge in [0.25, 0.3) is 5.91 Å². The minimum atomic E-state index is -3.03. The van der Waals surface area contributed by atoms with Gasteiger partial charge in [-0.15, -0.1) is 0 Å². The largest absolute Gasteiger partial charge is 0.434 e. The van der Waals surface area contributed by atoms with E-state index in [2.05, 4.69) is 5.32 Å². The molecule has 10 heteroatoms. The number of amides is 1. The maximum Gasteiger partial charge on any atom is 0.387 e. The zero-order valence-corrected chi connectivity index (χ0v) is 20.9. The highest BCUT2D eigenvalue weighted by molar-refractivity contribution is 7.61. The molecule has 0 saturated heterocycles. The summed E-state index contributed by atoms with van der Waals surface area (Å²) in [4.78, 5) is 17.6. The second-order valence-corrected chi connectivity index (χ2v) is 13.4. The molecule has 0 aliphatic carbocycles. The third kappa shape index (κ3) is 4.11. The highest BCUT2D eigenvalue weighted by atomic mass is 31.2. The zero-order valence-electron chi connectivity index (χ0n) is 20.0. The van der Waals surface area contributed by atoms with Crippen molar-refractivity contribution in [2.24, 2.45) is 0 Å². The van der Waals surface area contributed by atoms with Gasteiger partial charge in [0, 0.05) is 17.3 Å². The summed E-state index contributed by atoms with van der Waals surface area (Å²) >= 11 is 0. The Bertz CT molecular complexity index is 1630. The molecule has 0 spiro atoms. The summed E-state index contributed by atoms with van der Waals surface area (Å²) in [5, 5.41) is 2.96. The van der Waals surface area contributed by atoms with Crippen LogP contribution in [0.2, 0.25) is 0 Å². The van der Waals surface area contributed by atoms with Crippen molar-refractivity contribution in [3.05, 3.63) is 82.9 Å². The van der Waals surface area contributed by atoms with Crippen molar-refractivity contribution in [2.45, 2.75) is 31.3 Å². The Morgan fingerprint density at radius 3 is 2.62 bits per heavy atom. The standard InChI is InChI=1S/C27H23F3N3O3P/c1-37(2,35)13-16-7-6-14(10-18(16)28)15-8-9-19-21(11-15)33-22-12-20(25(33)31-19)32-26(34)17-4-3-5-23(24(17)22)36-27(29)30/h3-11,20,22,27H,12-13H2,1-2H3,(H,32,34)/t20-,22+/m0/s1. The number of nitrogens with zero attached hydrogens (tertiary/aromatic N) is 2. The molecule has 2 bridgehead atoms. The van der Waals surface area contributed by atoms with Crippen molar-refractivity contribution in [1.82, 2.24) is 14.9 Å². The fourth-order valence-electron chi connectivity index (χ4n) is 5.45. The quantitative estimate of drug-likeness (QED) is 0.309. The van der Waals surface area contributed by atoms with Crippen LogP contribution in [0.3, 0.4) is 0 Å². The van der Waals surface area contributed by atoms with Gasteiger partial charge in [0.15, 0.2) is 0 Å². The third-order valence-electron chi connectivity index (χ3n) is 6.90. The molecule has 37 heavy (non-hydrogen) atoms. The lowest BCUT2D eigenvalue weighted by Gasteiger charge is -2.21. The Balaban J connectivity index is 1.48. The smallest absolute Gasteiger partial charge is 0.387 e. The number of nitrogens with one attached hydrogen (secondary N) is 1. The Hall–Kier alpha value is -3.58. The number of hydrogen-bond acceptors (Lipinski definition) is 4. The molecule has 6 nitrogen and oxygen atoms in total. The number of alkyl halides is 2. The summed E-state index contributed by atoms with van der Waals surface area (Å²) in [5.74, 6) is -0.189. The normalized spacial score (nSPS) is 18.5. The van der Waals surface area contributed by atoms with Crippen LogP contribution in [0, 0.1) is 5.82 Å². The number of carbonyl (C=O) groups excluding carboxylic acids is 1. The van der Waals surface area contributed by atoms with Crippen LogP contribution in [-0.2, 0) is 10.7 Å². The van der Waals surface area contributed by atoms with Gasteiger partial charge in [-0.1, -0.05) is 24.3 Å². The summed E-state index contributed by atoms with van der Waals surface area (Å²) in [5.41, 5.74) is 3.90. The van der Waals surface area contributed by atoms with E-state index in [0.29, 0.717) is 34.5 Å². The molecule has 0 unspecified atom stereocenters. The van der Waals surface area contributed by atoms with Crippen LogP contribution in [0.5, 0.6) is 5.75 Å². The molecule has 0 radical (unpaired) electrons. The van der Waals surface area contributed by atoms with Crippen molar-refractivity contribution in [3.8, 4) is 16.9 Å². The monoisotopic (exact) mass is 525 g/mol. The first-order valence-electron chi connectivity index (χ1n) is 11.8. The van der Waals surface area contributed by atoms with E-state index in [4.69, 9.17) is 9.72 Å². The lowest BCUT2D eigenvalue weighted by atomic mass is 9.97. The molecule has 2 aliphatic heterocycles. The molecule has 2 atom stereocenters. The van der Waals surface area contributed by atoms with Crippen LogP contribution in [0.1, 0.15) is 45.8 Å². The van der Waals surface area contributed by atoms with E-state index in [-0.39, 0.29) is 23.4 Å². The van der Waals surface area contributed by atoms with Gasteiger partial charge in [-0.2, -0.15) is 8.78 Å². The molecule has 0 fully saturated rings. The lowest BCUT2D eigenvalue weighted by Crippen LogP contribution is -2.28. The average molecular weight is 525 g/mol. The molecule has 2 aliphatic rings. The van der Waals surface area contributed by atoms with Crippen molar-refractivity contribution >= 4 is 24.1 Å². The molecular weight excluding hydrogens is 502 g/mol. The van der Waals surface area contributed by atoms with Gasteiger partial charge in [0.05, 0.1) is 30.3 Å². The summed E-state index contributed by atoms with van der Waals surface area (Å²) in [7, 11) is -2.43. The number of halogens is 3. The first-order valence-corrected chi connectivity index (χ1v) is 14.6. The van der Waals surface area contributed by atoms with Gasteiger partial charge in [0.2, 0.25) is 0 Å². The van der Waals surface area contributed by atoms with Crippen LogP contribution >= 0.6 is 7.14 Å². The van der Waals surface area contributed by atoms with Gasteiger partial charge in [-0.05, 0) is 66.8 Å². The van der Waals surface area contributed by atoms with Crippen LogP contribution in [0.25, 0.3) is 22.2 Å². The molecule has 4 aromatic rings. The van der Waals surface area contributed by atoms with E-state index in [1.165, 1.54) is 18.2 Å². The Kier molecular flexibility index (Phi) is 5.46. The summed E-state index contributed by atoms with van der Waals surface area (Å²) in [6, 6.07) is 14.2. The van der Waals surface area contributed by atoms with Crippen molar-refractivity contribution in [1.29, 1.82) is 0 Å². The number of carbonyl (C=O) groups is 1. The molecule has 1 N–H and O–H groups in total. The lowest BCUT2D eigenvalue weighted by molar-refractivity contribution is -0.0507. The maximum absolute atomic E-state index is 14.9. The highest BCUT2D eigenvalue weighted by Gasteiger charge is 2.42. The number of rotatable bonds is 5. The van der Waals surface area contributed by atoms with E-state index in [1.54, 1.807) is 31.5 Å².